The number of benzene rings is 2. The lowest BCUT2D eigenvalue weighted by Gasteiger charge is -2.08. The predicted molar refractivity (Wildman–Crippen MR) is 107 cm³/mol. The molecule has 0 spiro atoms. The van der Waals surface area contributed by atoms with Crippen molar-refractivity contribution < 1.29 is 9.53 Å². The zero-order chi connectivity index (χ0) is 18.5. The maximum atomic E-state index is 12.4. The van der Waals surface area contributed by atoms with Crippen LogP contribution >= 0.6 is 11.3 Å². The molecule has 1 N–H and O–H groups in total. The maximum Gasteiger partial charge on any atom is 0.230 e. The van der Waals surface area contributed by atoms with E-state index in [2.05, 4.69) is 16.4 Å². The highest BCUT2D eigenvalue weighted by Crippen LogP contribution is 2.32. The van der Waals surface area contributed by atoms with Gasteiger partial charge in [-0.25, -0.2) is 4.98 Å². The molecule has 2 aromatic carbocycles. The summed E-state index contributed by atoms with van der Waals surface area (Å²) in [6.07, 6.45) is 0.251. The fourth-order valence-electron chi connectivity index (χ4n) is 2.75. The highest BCUT2D eigenvalue weighted by Gasteiger charge is 2.13. The van der Waals surface area contributed by atoms with Gasteiger partial charge in [-0.3, -0.25) is 4.79 Å². The van der Waals surface area contributed by atoms with Crippen LogP contribution in [0.4, 0.5) is 5.69 Å². The first-order valence-electron chi connectivity index (χ1n) is 8.60. The zero-order valence-corrected chi connectivity index (χ0v) is 16.0. The molecule has 1 amide bonds. The molecule has 0 aliphatic heterocycles. The molecular formula is C21H22N2O2S. The third kappa shape index (κ3) is 4.29. The summed E-state index contributed by atoms with van der Waals surface area (Å²) >= 11 is 1.52. The molecule has 5 heteroatoms. The van der Waals surface area contributed by atoms with E-state index in [1.165, 1.54) is 16.9 Å². The summed E-state index contributed by atoms with van der Waals surface area (Å²) in [5, 5.41) is 5.76. The number of nitrogens with zero attached hydrogens (tertiary/aromatic N) is 1. The van der Waals surface area contributed by atoms with Crippen molar-refractivity contribution >= 4 is 22.9 Å². The molecule has 0 fully saturated rings. The molecule has 134 valence electrons. The van der Waals surface area contributed by atoms with Crippen molar-refractivity contribution in [1.29, 1.82) is 0 Å². The van der Waals surface area contributed by atoms with Crippen molar-refractivity contribution in [2.24, 2.45) is 0 Å². The second-order valence-corrected chi connectivity index (χ2v) is 6.97. The lowest BCUT2D eigenvalue weighted by Crippen LogP contribution is -2.15. The summed E-state index contributed by atoms with van der Waals surface area (Å²) in [4.78, 5) is 17.0. The number of aromatic nitrogens is 1. The first-order chi connectivity index (χ1) is 12.6. The van der Waals surface area contributed by atoms with Crippen molar-refractivity contribution in [1.82, 2.24) is 4.98 Å². The number of ether oxygens (including phenoxy) is 1. The van der Waals surface area contributed by atoms with E-state index in [9.17, 15) is 4.79 Å². The number of carbonyl (C=O) groups excluding carboxylic acids is 1. The number of anilines is 1. The lowest BCUT2D eigenvalue weighted by atomic mass is 10.1. The number of aryl methyl sites for hydroxylation is 2. The Bertz CT molecular complexity index is 918. The monoisotopic (exact) mass is 366 g/mol. The molecule has 1 aromatic heterocycles. The molecule has 0 atom stereocenters. The van der Waals surface area contributed by atoms with Gasteiger partial charge in [0.1, 0.15) is 10.8 Å². The van der Waals surface area contributed by atoms with E-state index in [1.807, 2.05) is 62.5 Å². The summed E-state index contributed by atoms with van der Waals surface area (Å²) in [5.41, 5.74) is 4.80. The lowest BCUT2D eigenvalue weighted by molar-refractivity contribution is -0.115. The van der Waals surface area contributed by atoms with Crippen LogP contribution in [0, 0.1) is 13.8 Å². The van der Waals surface area contributed by atoms with E-state index in [-0.39, 0.29) is 12.3 Å². The third-order valence-electron chi connectivity index (χ3n) is 3.97. The Kier molecular flexibility index (Phi) is 5.68. The Labute approximate surface area is 157 Å². The number of hydrogen-bond acceptors (Lipinski definition) is 4. The number of carbonyl (C=O) groups is 1. The van der Waals surface area contributed by atoms with Crippen LogP contribution in [0.1, 0.15) is 23.7 Å². The maximum absolute atomic E-state index is 12.4. The molecule has 0 aliphatic rings. The van der Waals surface area contributed by atoms with Gasteiger partial charge < -0.3 is 10.1 Å². The summed E-state index contributed by atoms with van der Waals surface area (Å²) in [7, 11) is 0. The van der Waals surface area contributed by atoms with Gasteiger partial charge in [0.05, 0.1) is 24.3 Å². The van der Waals surface area contributed by atoms with Crippen LogP contribution in [0.25, 0.3) is 10.6 Å². The molecule has 0 aliphatic carbocycles. The van der Waals surface area contributed by atoms with Crippen LogP contribution in [-0.2, 0) is 11.2 Å². The van der Waals surface area contributed by atoms with Gasteiger partial charge >= 0.3 is 0 Å². The van der Waals surface area contributed by atoms with Crippen LogP contribution < -0.4 is 10.1 Å². The van der Waals surface area contributed by atoms with E-state index in [1.54, 1.807) is 0 Å². The number of rotatable bonds is 6. The van der Waals surface area contributed by atoms with Gasteiger partial charge in [-0.05, 0) is 44.5 Å². The standard InChI is InChI=1S/C21H22N2O2S/c1-4-25-19-8-6-5-7-17(19)21-22-16(13-26-21)12-20(24)23-18-10-9-14(2)11-15(18)3/h5-11,13H,4,12H2,1-3H3,(H,23,24). The van der Waals surface area contributed by atoms with Crippen molar-refractivity contribution in [3.63, 3.8) is 0 Å². The SMILES string of the molecule is CCOc1ccccc1-c1nc(CC(=O)Nc2ccc(C)cc2C)cs1. The first-order valence-corrected chi connectivity index (χ1v) is 9.48. The Balaban J connectivity index is 1.71. The molecule has 0 unspecified atom stereocenters. The minimum absolute atomic E-state index is 0.0631. The van der Waals surface area contributed by atoms with Crippen molar-refractivity contribution in [2.45, 2.75) is 27.2 Å². The highest BCUT2D eigenvalue weighted by atomic mass is 32.1. The molecule has 1 heterocycles. The number of hydrogen-bond donors (Lipinski definition) is 1. The van der Waals surface area contributed by atoms with Crippen molar-refractivity contribution in [3.05, 3.63) is 64.7 Å². The van der Waals surface area contributed by atoms with E-state index < -0.39 is 0 Å². The Morgan fingerprint density at radius 3 is 2.77 bits per heavy atom. The van der Waals surface area contributed by atoms with Gasteiger partial charge in [0, 0.05) is 11.1 Å². The molecule has 0 bridgehead atoms. The fraction of sp³-hybridized carbons (Fsp3) is 0.238. The van der Waals surface area contributed by atoms with Crippen LogP contribution in [0.3, 0.4) is 0 Å². The second-order valence-electron chi connectivity index (χ2n) is 6.12. The summed E-state index contributed by atoms with van der Waals surface area (Å²) in [6, 6.07) is 13.8. The van der Waals surface area contributed by atoms with Crippen LogP contribution in [0.5, 0.6) is 5.75 Å². The number of nitrogens with one attached hydrogen (secondary N) is 1. The summed E-state index contributed by atoms with van der Waals surface area (Å²) < 4.78 is 5.67. The van der Waals surface area contributed by atoms with Crippen LogP contribution in [0.15, 0.2) is 47.8 Å². The minimum atomic E-state index is -0.0631. The quantitative estimate of drug-likeness (QED) is 0.667. The van der Waals surface area contributed by atoms with Crippen molar-refractivity contribution in [3.8, 4) is 16.3 Å². The van der Waals surface area contributed by atoms with Gasteiger partial charge in [0.2, 0.25) is 5.91 Å². The Hall–Kier alpha value is -2.66. The average Bonchev–Trinajstić information content (AvgIpc) is 3.06. The number of thiazole rings is 1. The zero-order valence-electron chi connectivity index (χ0n) is 15.2. The van der Waals surface area contributed by atoms with Crippen LogP contribution in [-0.4, -0.2) is 17.5 Å². The molecule has 0 saturated heterocycles. The number of para-hydroxylation sites is 1. The molecule has 4 nitrogen and oxygen atoms in total. The highest BCUT2D eigenvalue weighted by molar-refractivity contribution is 7.13. The van der Waals surface area contributed by atoms with Gasteiger partial charge in [-0.15, -0.1) is 11.3 Å². The van der Waals surface area contributed by atoms with Crippen LogP contribution in [0.2, 0.25) is 0 Å². The third-order valence-corrected chi connectivity index (χ3v) is 4.89. The van der Waals surface area contributed by atoms with E-state index in [0.717, 1.165) is 33.3 Å². The number of amides is 1. The second kappa shape index (κ2) is 8.15. The topological polar surface area (TPSA) is 51.2 Å². The predicted octanol–water partition coefficient (Wildman–Crippen LogP) is 5.01. The Morgan fingerprint density at radius 2 is 2.00 bits per heavy atom. The first kappa shape index (κ1) is 18.1. The summed E-state index contributed by atoms with van der Waals surface area (Å²) in [6.45, 7) is 6.60. The normalized spacial score (nSPS) is 10.6. The molecule has 3 aromatic rings. The Morgan fingerprint density at radius 1 is 1.19 bits per heavy atom. The van der Waals surface area contributed by atoms with Gasteiger partial charge in [0.15, 0.2) is 0 Å². The molecule has 26 heavy (non-hydrogen) atoms. The molecular weight excluding hydrogens is 344 g/mol. The molecule has 3 rings (SSSR count). The van der Waals surface area contributed by atoms with E-state index >= 15 is 0 Å². The van der Waals surface area contributed by atoms with Crippen molar-refractivity contribution in [2.75, 3.05) is 11.9 Å². The van der Waals surface area contributed by atoms with Gasteiger partial charge in [-0.1, -0.05) is 29.8 Å². The minimum Gasteiger partial charge on any atom is -0.493 e. The fourth-order valence-corrected chi connectivity index (χ4v) is 3.60. The molecule has 0 saturated carbocycles. The average molecular weight is 366 g/mol. The summed E-state index contributed by atoms with van der Waals surface area (Å²) in [5.74, 6) is 0.752. The van der Waals surface area contributed by atoms with E-state index in [4.69, 9.17) is 4.74 Å². The van der Waals surface area contributed by atoms with Gasteiger partial charge in [-0.2, -0.15) is 0 Å². The molecule has 0 radical (unpaired) electrons. The van der Waals surface area contributed by atoms with E-state index in [0.29, 0.717) is 6.61 Å². The largest absolute Gasteiger partial charge is 0.493 e. The smallest absolute Gasteiger partial charge is 0.230 e. The van der Waals surface area contributed by atoms with Gasteiger partial charge in [0.25, 0.3) is 0 Å².